The van der Waals surface area contributed by atoms with Gasteiger partial charge in [-0.15, -0.1) is 0 Å². The maximum atomic E-state index is 12.0. The molecule has 0 aliphatic heterocycles. The van der Waals surface area contributed by atoms with Crippen molar-refractivity contribution in [2.24, 2.45) is 0 Å². The van der Waals surface area contributed by atoms with Crippen molar-refractivity contribution in [3.05, 3.63) is 23.8 Å². The summed E-state index contributed by atoms with van der Waals surface area (Å²) in [4.78, 5) is 22.1. The van der Waals surface area contributed by atoms with Gasteiger partial charge in [-0.2, -0.15) is 0 Å². The van der Waals surface area contributed by atoms with Crippen LogP contribution < -0.4 is 9.20 Å². The van der Waals surface area contributed by atoms with E-state index in [1.165, 1.54) is 6.07 Å². The van der Waals surface area contributed by atoms with Gasteiger partial charge in [-0.05, 0) is 0 Å². The first-order chi connectivity index (χ1) is 9.35. The number of carbonyl (C=O) groups is 2. The number of ether oxygens (including phenoxy) is 2. The molecule has 0 saturated heterocycles. The molecule has 0 aliphatic rings. The van der Waals surface area contributed by atoms with E-state index in [2.05, 4.69) is 4.74 Å². The number of benzene rings is 1. The fourth-order valence-corrected chi connectivity index (χ4v) is 2.95. The molecule has 1 rings (SSSR count). The van der Waals surface area contributed by atoms with E-state index in [9.17, 15) is 22.8 Å². The zero-order valence-electron chi connectivity index (χ0n) is 10.4. The van der Waals surface area contributed by atoms with Crippen molar-refractivity contribution in [3.8, 4) is 5.75 Å². The molecule has 0 aliphatic carbocycles. The third-order valence-corrected chi connectivity index (χ3v) is 4.22. The first kappa shape index (κ1) is 16.5. The normalized spacial score (nSPS) is 11.0. The number of halogens is 3. The molecule has 0 N–H and O–H groups in total. The first-order valence-corrected chi connectivity index (χ1v) is 7.56. The van der Waals surface area contributed by atoms with Crippen molar-refractivity contribution < 1.29 is 32.2 Å². The minimum atomic E-state index is -4.81. The Bertz CT molecular complexity index is 488. The average molecular weight is 355 g/mol. The van der Waals surface area contributed by atoms with Crippen LogP contribution in [0.2, 0.25) is 5.32 Å². The van der Waals surface area contributed by atoms with E-state index in [0.717, 1.165) is 12.1 Å². The van der Waals surface area contributed by atoms with Crippen LogP contribution in [0.25, 0.3) is 0 Å². The van der Waals surface area contributed by atoms with Gasteiger partial charge in [0.05, 0.1) is 0 Å². The topological polar surface area (TPSA) is 52.6 Å². The Morgan fingerprint density at radius 1 is 1.40 bits per heavy atom. The fraction of sp³-hybridized carbons (Fsp3) is 0.333. The number of aldehydes is 1. The van der Waals surface area contributed by atoms with Crippen LogP contribution in [0.5, 0.6) is 5.75 Å². The molecule has 0 fully saturated rings. The van der Waals surface area contributed by atoms with Gasteiger partial charge in [-0.25, -0.2) is 0 Å². The van der Waals surface area contributed by atoms with E-state index >= 15 is 0 Å². The van der Waals surface area contributed by atoms with Gasteiger partial charge >= 0.3 is 119 Å². The summed E-state index contributed by atoms with van der Waals surface area (Å²) < 4.78 is 45.1. The summed E-state index contributed by atoms with van der Waals surface area (Å²) in [5.41, 5.74) is 0.0797. The van der Waals surface area contributed by atoms with E-state index in [1.54, 1.807) is 6.92 Å². The van der Waals surface area contributed by atoms with Gasteiger partial charge in [-0.1, -0.05) is 0 Å². The van der Waals surface area contributed by atoms with Gasteiger partial charge in [0, 0.05) is 0 Å². The molecule has 8 heteroatoms. The first-order valence-electron chi connectivity index (χ1n) is 5.49. The summed E-state index contributed by atoms with van der Waals surface area (Å²) in [6.45, 7) is 1.93. The maximum absolute atomic E-state index is 12.0. The molecule has 0 aromatic heterocycles. The predicted molar refractivity (Wildman–Crippen MR) is 65.3 cm³/mol. The van der Waals surface area contributed by atoms with Crippen LogP contribution in [-0.4, -0.2) is 40.2 Å². The summed E-state index contributed by atoms with van der Waals surface area (Å²) in [5, 5.41) is 0.112. The van der Waals surface area contributed by atoms with Gasteiger partial charge in [0.1, 0.15) is 0 Å². The summed E-state index contributed by atoms with van der Waals surface area (Å²) in [6, 6.07) is 3.47. The molecule has 1 aromatic rings. The molecule has 0 atom stereocenters. The van der Waals surface area contributed by atoms with E-state index < -0.39 is 18.1 Å². The van der Waals surface area contributed by atoms with Crippen LogP contribution in [0.4, 0.5) is 13.2 Å². The Kier molecular flexibility index (Phi) is 6.03. The van der Waals surface area contributed by atoms with Crippen molar-refractivity contribution in [1.29, 1.82) is 0 Å². The Morgan fingerprint density at radius 2 is 2.10 bits per heavy atom. The van der Waals surface area contributed by atoms with Gasteiger partial charge < -0.3 is 0 Å². The van der Waals surface area contributed by atoms with Crippen LogP contribution in [0.1, 0.15) is 17.3 Å². The van der Waals surface area contributed by atoms with Crippen LogP contribution in [0.3, 0.4) is 0 Å². The molecule has 4 nitrogen and oxygen atoms in total. The zero-order chi connectivity index (χ0) is 15.2. The van der Waals surface area contributed by atoms with Crippen LogP contribution in [-0.2, 0) is 9.53 Å². The quantitative estimate of drug-likeness (QED) is 0.443. The molecular weight excluding hydrogens is 344 g/mol. The summed E-state index contributed by atoms with van der Waals surface area (Å²) in [6.07, 6.45) is -4.37. The van der Waals surface area contributed by atoms with Gasteiger partial charge in [0.2, 0.25) is 0 Å². The average Bonchev–Trinajstić information content (AvgIpc) is 2.35. The predicted octanol–water partition coefficient (Wildman–Crippen LogP) is 1.71. The summed E-state index contributed by atoms with van der Waals surface area (Å²) in [5.74, 6) is -0.866. The van der Waals surface area contributed by atoms with Crippen LogP contribution >= 0.6 is 0 Å². The molecule has 0 bridgehead atoms. The summed E-state index contributed by atoms with van der Waals surface area (Å²) >= 11 is -0.390. The number of hydrogen-bond acceptors (Lipinski definition) is 4. The van der Waals surface area contributed by atoms with Crippen LogP contribution in [0.15, 0.2) is 18.2 Å². The molecule has 110 valence electrons. The van der Waals surface area contributed by atoms with E-state index in [1.807, 2.05) is 0 Å². The number of esters is 1. The van der Waals surface area contributed by atoms with E-state index in [-0.39, 0.29) is 32.4 Å². The molecule has 0 heterocycles. The third-order valence-electron chi connectivity index (χ3n) is 1.99. The van der Waals surface area contributed by atoms with E-state index in [0.29, 0.717) is 10.7 Å². The van der Waals surface area contributed by atoms with Crippen molar-refractivity contribution in [1.82, 2.24) is 0 Å². The number of alkyl halides is 3. The van der Waals surface area contributed by atoms with Gasteiger partial charge in [0.15, 0.2) is 0 Å². The number of rotatable bonds is 6. The molecule has 0 saturated carbocycles. The fourth-order valence-electron chi connectivity index (χ4n) is 1.29. The van der Waals surface area contributed by atoms with Crippen molar-refractivity contribution in [2.45, 2.75) is 18.6 Å². The van der Waals surface area contributed by atoms with Crippen molar-refractivity contribution >= 4 is 31.7 Å². The molecule has 0 radical (unpaired) electrons. The molecule has 0 amide bonds. The van der Waals surface area contributed by atoms with Gasteiger partial charge in [0.25, 0.3) is 0 Å². The Morgan fingerprint density at radius 3 is 2.65 bits per heavy atom. The molecule has 20 heavy (non-hydrogen) atoms. The zero-order valence-corrected chi connectivity index (χ0v) is 12.1. The monoisotopic (exact) mass is 356 g/mol. The third kappa shape index (κ3) is 5.63. The molecular formula is C12H11F3O4Se. The van der Waals surface area contributed by atoms with Gasteiger partial charge in [-0.3, -0.25) is 0 Å². The minimum absolute atomic E-state index is 0.0797. The second kappa shape index (κ2) is 7.30. The Balaban J connectivity index is 2.78. The van der Waals surface area contributed by atoms with Crippen molar-refractivity contribution in [2.75, 3.05) is 6.61 Å². The Labute approximate surface area is 119 Å². The van der Waals surface area contributed by atoms with Crippen LogP contribution in [0, 0.1) is 0 Å². The molecule has 0 spiro atoms. The molecule has 0 unspecified atom stereocenters. The standard InChI is InChI=1S/C12H11F3O4Se/c1-2-18-11(17)7-20-10-4-3-9(5-8(10)6-16)19-12(13,14)15/h3-6H,2,7H2,1H3. The summed E-state index contributed by atoms with van der Waals surface area (Å²) in [7, 11) is 0. The second-order valence-electron chi connectivity index (χ2n) is 3.46. The second-order valence-corrected chi connectivity index (χ2v) is 5.59. The molecule has 1 aromatic carbocycles. The van der Waals surface area contributed by atoms with Crippen molar-refractivity contribution in [3.63, 3.8) is 0 Å². The SMILES string of the molecule is CCOC(=O)C[Se]c1ccc(OC(F)(F)F)cc1C=O. The number of hydrogen-bond donors (Lipinski definition) is 0. The number of carbonyl (C=O) groups excluding carboxylic acids is 2. The van der Waals surface area contributed by atoms with E-state index in [4.69, 9.17) is 4.74 Å². The Hall–Kier alpha value is -1.53.